The van der Waals surface area contributed by atoms with Gasteiger partial charge in [0.05, 0.1) is 6.10 Å². The molecular weight excluding hydrogens is 172 g/mol. The van der Waals surface area contributed by atoms with E-state index in [2.05, 4.69) is 39.8 Å². The zero-order chi connectivity index (χ0) is 10.9. The van der Waals surface area contributed by atoms with Crippen LogP contribution in [0.1, 0.15) is 34.6 Å². The summed E-state index contributed by atoms with van der Waals surface area (Å²) >= 11 is 0. The van der Waals surface area contributed by atoms with E-state index in [1.165, 1.54) is 16.7 Å². The predicted molar refractivity (Wildman–Crippen MR) is 61.1 cm³/mol. The van der Waals surface area contributed by atoms with Crippen molar-refractivity contribution >= 4 is 0 Å². The normalized spacial score (nSPS) is 26.7. The van der Waals surface area contributed by atoms with Crippen molar-refractivity contribution < 1.29 is 5.11 Å². The van der Waals surface area contributed by atoms with E-state index < -0.39 is 0 Å². The van der Waals surface area contributed by atoms with Crippen molar-refractivity contribution in [1.82, 2.24) is 0 Å². The second-order valence-corrected chi connectivity index (χ2v) is 4.49. The van der Waals surface area contributed by atoms with Gasteiger partial charge in [-0.1, -0.05) is 30.2 Å². The smallest absolute Gasteiger partial charge is 0.0855 e. The third-order valence-electron chi connectivity index (χ3n) is 2.73. The SMILES string of the molecule is CC(C)=C1C=C[C@@H](C)[C@@H](O)C1=C(C)C. The molecule has 0 heterocycles. The van der Waals surface area contributed by atoms with Gasteiger partial charge >= 0.3 is 0 Å². The van der Waals surface area contributed by atoms with Gasteiger partial charge in [-0.05, 0) is 38.8 Å². The number of hydrogen-bond acceptors (Lipinski definition) is 1. The maximum Gasteiger partial charge on any atom is 0.0855 e. The monoisotopic (exact) mass is 192 g/mol. The molecule has 14 heavy (non-hydrogen) atoms. The van der Waals surface area contributed by atoms with Gasteiger partial charge in [0.2, 0.25) is 0 Å². The van der Waals surface area contributed by atoms with Crippen LogP contribution in [0.3, 0.4) is 0 Å². The minimum Gasteiger partial charge on any atom is -0.388 e. The van der Waals surface area contributed by atoms with Gasteiger partial charge in [-0.3, -0.25) is 0 Å². The highest BCUT2D eigenvalue weighted by Gasteiger charge is 2.24. The highest BCUT2D eigenvalue weighted by Crippen LogP contribution is 2.31. The number of aliphatic hydroxyl groups excluding tert-OH is 1. The third-order valence-corrected chi connectivity index (χ3v) is 2.73. The van der Waals surface area contributed by atoms with E-state index in [1.807, 2.05) is 6.92 Å². The number of allylic oxidation sites excluding steroid dienone is 3. The first kappa shape index (κ1) is 11.3. The van der Waals surface area contributed by atoms with Gasteiger partial charge in [-0.2, -0.15) is 0 Å². The lowest BCUT2D eigenvalue weighted by Gasteiger charge is -2.27. The first-order valence-electron chi connectivity index (χ1n) is 5.16. The van der Waals surface area contributed by atoms with Crippen LogP contribution in [0.2, 0.25) is 0 Å². The van der Waals surface area contributed by atoms with Gasteiger partial charge in [0.15, 0.2) is 0 Å². The van der Waals surface area contributed by atoms with Crippen LogP contribution in [-0.4, -0.2) is 11.2 Å². The molecule has 1 aliphatic carbocycles. The van der Waals surface area contributed by atoms with E-state index in [9.17, 15) is 5.11 Å². The van der Waals surface area contributed by atoms with Crippen LogP contribution in [-0.2, 0) is 0 Å². The molecule has 1 aliphatic rings. The number of aliphatic hydroxyl groups is 1. The topological polar surface area (TPSA) is 20.2 Å². The molecule has 1 N–H and O–H groups in total. The summed E-state index contributed by atoms with van der Waals surface area (Å²) in [6.07, 6.45) is 3.88. The molecule has 2 atom stereocenters. The largest absolute Gasteiger partial charge is 0.388 e. The molecule has 0 bridgehead atoms. The Morgan fingerprint density at radius 3 is 2.14 bits per heavy atom. The molecule has 0 saturated carbocycles. The summed E-state index contributed by atoms with van der Waals surface area (Å²) in [7, 11) is 0. The molecule has 0 radical (unpaired) electrons. The summed E-state index contributed by atoms with van der Waals surface area (Å²) in [5.74, 6) is 0.225. The van der Waals surface area contributed by atoms with E-state index in [4.69, 9.17) is 0 Å². The van der Waals surface area contributed by atoms with Crippen molar-refractivity contribution in [2.24, 2.45) is 5.92 Å². The molecule has 78 valence electrons. The Balaban J connectivity index is 3.30. The minimum atomic E-state index is -0.338. The Labute approximate surface area is 86.8 Å². The van der Waals surface area contributed by atoms with Gasteiger partial charge in [0, 0.05) is 5.92 Å². The molecule has 0 aromatic heterocycles. The van der Waals surface area contributed by atoms with Crippen LogP contribution in [0.15, 0.2) is 34.4 Å². The van der Waals surface area contributed by atoms with Gasteiger partial charge < -0.3 is 5.11 Å². The van der Waals surface area contributed by atoms with Crippen molar-refractivity contribution in [3.63, 3.8) is 0 Å². The minimum absolute atomic E-state index is 0.225. The third kappa shape index (κ3) is 1.98. The van der Waals surface area contributed by atoms with Crippen LogP contribution in [0.5, 0.6) is 0 Å². The molecule has 0 fully saturated rings. The Bertz CT molecular complexity index is 310. The Morgan fingerprint density at radius 1 is 1.14 bits per heavy atom. The van der Waals surface area contributed by atoms with E-state index >= 15 is 0 Å². The van der Waals surface area contributed by atoms with E-state index in [0.29, 0.717) is 0 Å². The lowest BCUT2D eigenvalue weighted by Crippen LogP contribution is -2.24. The molecule has 0 aliphatic heterocycles. The standard InChI is InChI=1S/C13H20O/c1-8(2)11-7-6-10(5)13(14)12(11)9(3)4/h6-7,10,13-14H,1-5H3/t10-,13-/m1/s1. The second kappa shape index (κ2) is 4.14. The van der Waals surface area contributed by atoms with Crippen molar-refractivity contribution in [2.75, 3.05) is 0 Å². The highest BCUT2D eigenvalue weighted by atomic mass is 16.3. The zero-order valence-electron chi connectivity index (χ0n) is 9.76. The van der Waals surface area contributed by atoms with E-state index in [0.717, 1.165) is 5.57 Å². The molecule has 0 aromatic carbocycles. The number of rotatable bonds is 0. The van der Waals surface area contributed by atoms with Gasteiger partial charge in [-0.25, -0.2) is 0 Å². The summed E-state index contributed by atoms with van der Waals surface area (Å²) in [5, 5.41) is 10.1. The summed E-state index contributed by atoms with van der Waals surface area (Å²) < 4.78 is 0. The Morgan fingerprint density at radius 2 is 1.71 bits per heavy atom. The van der Waals surface area contributed by atoms with E-state index in [1.54, 1.807) is 0 Å². The van der Waals surface area contributed by atoms with Gasteiger partial charge in [0.1, 0.15) is 0 Å². The fraction of sp³-hybridized carbons (Fsp3) is 0.538. The molecule has 0 unspecified atom stereocenters. The van der Waals surface area contributed by atoms with Crippen LogP contribution >= 0.6 is 0 Å². The summed E-state index contributed by atoms with van der Waals surface area (Å²) in [5.41, 5.74) is 4.80. The maximum absolute atomic E-state index is 10.1. The van der Waals surface area contributed by atoms with Crippen molar-refractivity contribution in [1.29, 1.82) is 0 Å². The molecule has 0 spiro atoms. The molecule has 1 rings (SSSR count). The molecule has 0 aromatic rings. The molecule has 1 nitrogen and oxygen atoms in total. The average molecular weight is 192 g/mol. The summed E-state index contributed by atoms with van der Waals surface area (Å²) in [6.45, 7) is 10.4. The lowest BCUT2D eigenvalue weighted by molar-refractivity contribution is 0.172. The van der Waals surface area contributed by atoms with Crippen LogP contribution in [0.4, 0.5) is 0 Å². The Hall–Kier alpha value is -0.820. The van der Waals surface area contributed by atoms with Crippen LogP contribution < -0.4 is 0 Å². The number of hydrogen-bond donors (Lipinski definition) is 1. The fourth-order valence-electron chi connectivity index (χ4n) is 1.87. The quantitative estimate of drug-likeness (QED) is 0.624. The second-order valence-electron chi connectivity index (χ2n) is 4.49. The molecule has 0 amide bonds. The van der Waals surface area contributed by atoms with Crippen molar-refractivity contribution in [3.8, 4) is 0 Å². The van der Waals surface area contributed by atoms with Gasteiger partial charge in [-0.15, -0.1) is 0 Å². The molecular formula is C13H20O. The predicted octanol–water partition coefficient (Wildman–Crippen LogP) is 3.23. The van der Waals surface area contributed by atoms with Crippen LogP contribution in [0, 0.1) is 5.92 Å². The fourth-order valence-corrected chi connectivity index (χ4v) is 1.87. The van der Waals surface area contributed by atoms with Crippen molar-refractivity contribution in [3.05, 3.63) is 34.4 Å². The maximum atomic E-state index is 10.1. The van der Waals surface area contributed by atoms with Gasteiger partial charge in [0.25, 0.3) is 0 Å². The zero-order valence-corrected chi connectivity index (χ0v) is 9.76. The first-order chi connectivity index (χ1) is 6.45. The molecule has 1 heteroatoms. The van der Waals surface area contributed by atoms with E-state index in [-0.39, 0.29) is 12.0 Å². The van der Waals surface area contributed by atoms with Crippen LogP contribution in [0.25, 0.3) is 0 Å². The average Bonchev–Trinajstić information content (AvgIpc) is 2.08. The molecule has 0 saturated heterocycles. The van der Waals surface area contributed by atoms with Crippen molar-refractivity contribution in [2.45, 2.75) is 40.7 Å². The summed E-state index contributed by atoms with van der Waals surface area (Å²) in [4.78, 5) is 0. The summed E-state index contributed by atoms with van der Waals surface area (Å²) in [6, 6.07) is 0. The highest BCUT2D eigenvalue weighted by molar-refractivity contribution is 5.49. The first-order valence-corrected chi connectivity index (χ1v) is 5.16. The lowest BCUT2D eigenvalue weighted by atomic mass is 9.82. The Kier molecular flexibility index (Phi) is 3.33.